The summed E-state index contributed by atoms with van der Waals surface area (Å²) >= 11 is 0. The molecule has 2 unspecified atom stereocenters. The monoisotopic (exact) mass is 253 g/mol. The second kappa shape index (κ2) is 6.44. The average molecular weight is 253 g/mol. The van der Waals surface area contributed by atoms with Crippen molar-refractivity contribution < 1.29 is 0 Å². The van der Waals surface area contributed by atoms with Crippen LogP contribution >= 0.6 is 0 Å². The van der Waals surface area contributed by atoms with Gasteiger partial charge in [-0.3, -0.25) is 4.99 Å². The Hall–Kier alpha value is -0.730. The minimum atomic E-state index is 0.383. The third kappa shape index (κ3) is 5.28. The molecule has 1 N–H and O–H groups in total. The maximum Gasteiger partial charge on any atom is 0.193 e. The zero-order chi connectivity index (χ0) is 13.8. The summed E-state index contributed by atoms with van der Waals surface area (Å²) in [6.45, 7) is 14.8. The fourth-order valence-corrected chi connectivity index (χ4v) is 2.72. The van der Waals surface area contributed by atoms with Crippen LogP contribution in [0.25, 0.3) is 0 Å². The largest absolute Gasteiger partial charge is 0.356 e. The van der Waals surface area contributed by atoms with Crippen LogP contribution < -0.4 is 5.32 Å². The molecular formula is C15H31N3. The molecule has 0 aliphatic carbocycles. The Kier molecular flexibility index (Phi) is 5.48. The predicted molar refractivity (Wildman–Crippen MR) is 80.0 cm³/mol. The minimum Gasteiger partial charge on any atom is -0.356 e. The van der Waals surface area contributed by atoms with E-state index in [1.807, 2.05) is 7.05 Å². The molecule has 0 radical (unpaired) electrons. The van der Waals surface area contributed by atoms with Gasteiger partial charge >= 0.3 is 0 Å². The summed E-state index contributed by atoms with van der Waals surface area (Å²) in [7, 11) is 1.89. The van der Waals surface area contributed by atoms with Crippen LogP contribution in [0, 0.1) is 17.3 Å². The molecular weight excluding hydrogens is 222 g/mol. The molecule has 106 valence electrons. The molecule has 18 heavy (non-hydrogen) atoms. The lowest BCUT2D eigenvalue weighted by Gasteiger charge is -2.37. The number of hydrogen-bond donors (Lipinski definition) is 1. The van der Waals surface area contributed by atoms with E-state index in [1.165, 1.54) is 12.8 Å². The predicted octanol–water partition coefficient (Wildman–Crippen LogP) is 2.98. The molecule has 1 fully saturated rings. The fraction of sp³-hybridized carbons (Fsp3) is 0.933. The van der Waals surface area contributed by atoms with Crippen molar-refractivity contribution in [1.82, 2.24) is 10.2 Å². The first kappa shape index (κ1) is 15.3. The van der Waals surface area contributed by atoms with Gasteiger partial charge in [0, 0.05) is 26.7 Å². The topological polar surface area (TPSA) is 27.6 Å². The number of guanidine groups is 1. The Morgan fingerprint density at radius 1 is 1.22 bits per heavy atom. The summed E-state index contributed by atoms with van der Waals surface area (Å²) < 4.78 is 0. The van der Waals surface area contributed by atoms with Crippen LogP contribution in [0.1, 0.15) is 47.5 Å². The molecule has 1 rings (SSSR count). The Morgan fingerprint density at radius 3 is 2.22 bits per heavy atom. The number of piperidine rings is 1. The summed E-state index contributed by atoms with van der Waals surface area (Å²) in [6, 6.07) is 0. The molecule has 3 heteroatoms. The highest BCUT2D eigenvalue weighted by molar-refractivity contribution is 5.80. The highest BCUT2D eigenvalue weighted by Crippen LogP contribution is 2.21. The second-order valence-corrected chi connectivity index (χ2v) is 7.14. The van der Waals surface area contributed by atoms with Crippen molar-refractivity contribution in [3.63, 3.8) is 0 Å². The third-order valence-electron chi connectivity index (χ3n) is 3.54. The van der Waals surface area contributed by atoms with Gasteiger partial charge in [-0.2, -0.15) is 0 Å². The number of rotatable bonds is 2. The Labute approximate surface area is 113 Å². The first-order valence-electron chi connectivity index (χ1n) is 7.27. The lowest BCUT2D eigenvalue weighted by Crippen LogP contribution is -2.48. The molecule has 0 aromatic rings. The van der Waals surface area contributed by atoms with E-state index in [0.717, 1.165) is 37.4 Å². The molecule has 1 heterocycles. The molecule has 2 atom stereocenters. The highest BCUT2D eigenvalue weighted by Gasteiger charge is 2.24. The molecule has 0 aromatic carbocycles. The summed E-state index contributed by atoms with van der Waals surface area (Å²) in [5.41, 5.74) is 0.383. The van der Waals surface area contributed by atoms with Crippen molar-refractivity contribution in [3.8, 4) is 0 Å². The first-order valence-corrected chi connectivity index (χ1v) is 7.27. The molecule has 1 aliphatic rings. The van der Waals surface area contributed by atoms with Crippen LogP contribution in [0.15, 0.2) is 4.99 Å². The van der Waals surface area contributed by atoms with Crippen LogP contribution in [0.3, 0.4) is 0 Å². The minimum absolute atomic E-state index is 0.383. The Balaban J connectivity index is 2.46. The molecule has 3 nitrogen and oxygen atoms in total. The quantitative estimate of drug-likeness (QED) is 0.605. The van der Waals surface area contributed by atoms with Crippen LogP contribution in [0.5, 0.6) is 0 Å². The first-order chi connectivity index (χ1) is 8.31. The van der Waals surface area contributed by atoms with Gasteiger partial charge in [0.15, 0.2) is 5.96 Å². The van der Waals surface area contributed by atoms with Crippen molar-refractivity contribution in [3.05, 3.63) is 0 Å². The van der Waals surface area contributed by atoms with E-state index in [4.69, 9.17) is 0 Å². The van der Waals surface area contributed by atoms with Gasteiger partial charge in [0.05, 0.1) is 0 Å². The highest BCUT2D eigenvalue weighted by atomic mass is 15.3. The van der Waals surface area contributed by atoms with Crippen LogP contribution in [-0.2, 0) is 0 Å². The van der Waals surface area contributed by atoms with E-state index in [-0.39, 0.29) is 0 Å². The standard InChI is InChI=1S/C15H31N3/c1-12-9-13(2)11-18(10-12)14(16-6)17-8-7-15(3,4)5/h12-13H,7-11H2,1-6H3,(H,16,17). The average Bonchev–Trinajstić information content (AvgIpc) is 2.21. The summed E-state index contributed by atoms with van der Waals surface area (Å²) in [5.74, 6) is 2.63. The van der Waals surface area contributed by atoms with E-state index in [1.54, 1.807) is 0 Å². The maximum atomic E-state index is 4.43. The summed E-state index contributed by atoms with van der Waals surface area (Å²) in [5, 5.41) is 3.51. The lowest BCUT2D eigenvalue weighted by molar-refractivity contribution is 0.208. The van der Waals surface area contributed by atoms with Gasteiger partial charge in [0.25, 0.3) is 0 Å². The molecule has 0 bridgehead atoms. The third-order valence-corrected chi connectivity index (χ3v) is 3.54. The van der Waals surface area contributed by atoms with E-state index >= 15 is 0 Å². The van der Waals surface area contributed by atoms with Gasteiger partial charge < -0.3 is 10.2 Å². The van der Waals surface area contributed by atoms with Gasteiger partial charge in [0.2, 0.25) is 0 Å². The fourth-order valence-electron chi connectivity index (χ4n) is 2.72. The molecule has 0 amide bonds. The molecule has 0 saturated carbocycles. The Morgan fingerprint density at radius 2 is 1.78 bits per heavy atom. The molecule has 0 spiro atoms. The van der Waals surface area contributed by atoms with E-state index in [9.17, 15) is 0 Å². The van der Waals surface area contributed by atoms with Crippen LogP contribution in [0.4, 0.5) is 0 Å². The van der Waals surface area contributed by atoms with E-state index in [2.05, 4.69) is 49.8 Å². The maximum absolute atomic E-state index is 4.43. The Bertz CT molecular complexity index is 268. The number of nitrogens with one attached hydrogen (secondary N) is 1. The van der Waals surface area contributed by atoms with Crippen LogP contribution in [0.2, 0.25) is 0 Å². The molecule has 0 aromatic heterocycles. The lowest BCUT2D eigenvalue weighted by atomic mass is 9.92. The summed E-state index contributed by atoms with van der Waals surface area (Å²) in [4.78, 5) is 6.85. The van der Waals surface area contributed by atoms with Crippen molar-refractivity contribution in [2.24, 2.45) is 22.2 Å². The SMILES string of the molecule is CN=C(NCCC(C)(C)C)N1CC(C)CC(C)C1. The molecule has 1 saturated heterocycles. The van der Waals surface area contributed by atoms with Gasteiger partial charge in [-0.05, 0) is 30.1 Å². The number of hydrogen-bond acceptors (Lipinski definition) is 1. The normalized spacial score (nSPS) is 26.3. The van der Waals surface area contributed by atoms with E-state index < -0.39 is 0 Å². The zero-order valence-corrected chi connectivity index (χ0v) is 13.1. The van der Waals surface area contributed by atoms with Crippen LogP contribution in [-0.4, -0.2) is 37.5 Å². The zero-order valence-electron chi connectivity index (χ0n) is 13.1. The smallest absolute Gasteiger partial charge is 0.193 e. The van der Waals surface area contributed by atoms with Gasteiger partial charge in [-0.25, -0.2) is 0 Å². The number of nitrogens with zero attached hydrogens (tertiary/aromatic N) is 2. The van der Waals surface area contributed by atoms with Gasteiger partial charge in [-0.15, -0.1) is 0 Å². The second-order valence-electron chi connectivity index (χ2n) is 7.14. The molecule has 1 aliphatic heterocycles. The number of aliphatic imine (C=N–C) groups is 1. The number of likely N-dealkylation sites (tertiary alicyclic amines) is 1. The van der Waals surface area contributed by atoms with Gasteiger partial charge in [0.1, 0.15) is 0 Å². The van der Waals surface area contributed by atoms with E-state index in [0.29, 0.717) is 5.41 Å². The van der Waals surface area contributed by atoms with Crippen molar-refractivity contribution in [2.75, 3.05) is 26.7 Å². The van der Waals surface area contributed by atoms with Crippen molar-refractivity contribution >= 4 is 5.96 Å². The van der Waals surface area contributed by atoms with Crippen molar-refractivity contribution in [1.29, 1.82) is 0 Å². The van der Waals surface area contributed by atoms with Crippen molar-refractivity contribution in [2.45, 2.75) is 47.5 Å². The van der Waals surface area contributed by atoms with Gasteiger partial charge in [-0.1, -0.05) is 34.6 Å². The summed E-state index contributed by atoms with van der Waals surface area (Å²) in [6.07, 6.45) is 2.51.